The first-order chi connectivity index (χ1) is 11.8. The topological polar surface area (TPSA) is 76.2 Å². The van der Waals surface area contributed by atoms with E-state index in [9.17, 15) is 4.79 Å². The minimum Gasteiger partial charge on any atom is -0.456 e. The highest BCUT2D eigenvalue weighted by Gasteiger charge is 2.41. The summed E-state index contributed by atoms with van der Waals surface area (Å²) in [6.45, 7) is 1.13. The average Bonchev–Trinajstić information content (AvgIpc) is 3.01. The molecule has 0 amide bonds. The van der Waals surface area contributed by atoms with Gasteiger partial charge < -0.3 is 19.8 Å². The monoisotopic (exact) mass is 325 g/mol. The molecule has 0 bridgehead atoms. The van der Waals surface area contributed by atoms with Gasteiger partial charge in [0, 0.05) is 36.2 Å². The van der Waals surface area contributed by atoms with E-state index in [1.54, 1.807) is 11.8 Å². The van der Waals surface area contributed by atoms with Crippen molar-refractivity contribution in [3.05, 3.63) is 35.7 Å². The van der Waals surface area contributed by atoms with Crippen LogP contribution in [-0.2, 0) is 9.47 Å². The summed E-state index contributed by atoms with van der Waals surface area (Å²) in [5.41, 5.74) is 3.65. The zero-order chi connectivity index (χ0) is 16.1. The Bertz CT molecular complexity index is 835. The fourth-order valence-electron chi connectivity index (χ4n) is 3.76. The van der Waals surface area contributed by atoms with Crippen molar-refractivity contribution in [1.82, 2.24) is 9.97 Å². The number of carbonyl (C=O) groups is 1. The van der Waals surface area contributed by atoms with E-state index in [0.29, 0.717) is 30.7 Å². The molecule has 6 heteroatoms. The number of carbonyl (C=O) groups excluding carboxylic acids is 1. The SMILES string of the molecule is O=C(O[C@H]1CCOC1)c1cnc2[nH]ccc2c1N[C@H]1CC=C2C[C@@H]21. The first-order valence-corrected chi connectivity index (χ1v) is 8.50. The lowest BCUT2D eigenvalue weighted by atomic mass is 10.1. The van der Waals surface area contributed by atoms with Crippen LogP contribution in [0.4, 0.5) is 5.69 Å². The lowest BCUT2D eigenvalue weighted by Gasteiger charge is -2.19. The molecule has 1 saturated carbocycles. The Morgan fingerprint density at radius 3 is 3.17 bits per heavy atom. The van der Waals surface area contributed by atoms with Crippen LogP contribution in [0.5, 0.6) is 0 Å². The number of H-pyrrole nitrogens is 1. The van der Waals surface area contributed by atoms with Gasteiger partial charge >= 0.3 is 5.97 Å². The van der Waals surface area contributed by atoms with Gasteiger partial charge in [-0.3, -0.25) is 0 Å². The number of aromatic amines is 1. The van der Waals surface area contributed by atoms with Crippen molar-refractivity contribution in [2.24, 2.45) is 5.92 Å². The number of pyridine rings is 1. The summed E-state index contributed by atoms with van der Waals surface area (Å²) in [4.78, 5) is 20.1. The van der Waals surface area contributed by atoms with Crippen LogP contribution in [-0.4, -0.2) is 41.3 Å². The zero-order valence-electron chi connectivity index (χ0n) is 13.2. The number of esters is 1. The van der Waals surface area contributed by atoms with Crippen molar-refractivity contribution in [2.45, 2.75) is 31.4 Å². The third-order valence-corrected chi connectivity index (χ3v) is 5.19. The van der Waals surface area contributed by atoms with Crippen molar-refractivity contribution in [2.75, 3.05) is 18.5 Å². The van der Waals surface area contributed by atoms with Gasteiger partial charge in [0.25, 0.3) is 0 Å². The second-order valence-electron chi connectivity index (χ2n) is 6.75. The Morgan fingerprint density at radius 1 is 1.46 bits per heavy atom. The van der Waals surface area contributed by atoms with E-state index < -0.39 is 0 Å². The van der Waals surface area contributed by atoms with Crippen molar-refractivity contribution in [3.8, 4) is 0 Å². The standard InChI is InChI=1S/C18H19N3O3/c22-18(24-11-4-6-23-9-11)14-8-20-17-12(3-5-19-17)16(14)21-15-2-1-10-7-13(10)15/h1,3,5,8,11,13,15H,2,4,6-7,9H2,(H2,19,20,21)/t11-,13-,15-/m0/s1. The summed E-state index contributed by atoms with van der Waals surface area (Å²) in [7, 11) is 0. The molecule has 2 fully saturated rings. The summed E-state index contributed by atoms with van der Waals surface area (Å²) in [6, 6.07) is 2.32. The van der Waals surface area contributed by atoms with E-state index in [4.69, 9.17) is 9.47 Å². The molecule has 3 heterocycles. The molecule has 2 N–H and O–H groups in total. The maximum atomic E-state index is 12.7. The van der Waals surface area contributed by atoms with E-state index in [2.05, 4.69) is 21.4 Å². The van der Waals surface area contributed by atoms with Gasteiger partial charge in [0.1, 0.15) is 17.3 Å². The molecule has 3 aliphatic rings. The van der Waals surface area contributed by atoms with Gasteiger partial charge in [-0.2, -0.15) is 0 Å². The lowest BCUT2D eigenvalue weighted by molar-refractivity contribution is 0.0271. The van der Waals surface area contributed by atoms with Crippen molar-refractivity contribution >= 4 is 22.7 Å². The molecular weight excluding hydrogens is 306 g/mol. The largest absolute Gasteiger partial charge is 0.456 e. The molecule has 0 spiro atoms. The van der Waals surface area contributed by atoms with Crippen LogP contribution in [0.2, 0.25) is 0 Å². The first-order valence-electron chi connectivity index (χ1n) is 8.50. The number of fused-ring (bicyclic) bond motifs is 2. The Kier molecular flexibility index (Phi) is 3.13. The van der Waals surface area contributed by atoms with Crippen molar-refractivity contribution < 1.29 is 14.3 Å². The number of hydrogen-bond donors (Lipinski definition) is 2. The third kappa shape index (κ3) is 2.29. The molecule has 24 heavy (non-hydrogen) atoms. The van der Waals surface area contributed by atoms with Gasteiger partial charge in [-0.15, -0.1) is 0 Å². The first kappa shape index (κ1) is 14.0. The summed E-state index contributed by atoms with van der Waals surface area (Å²) in [5.74, 6) is 0.296. The van der Waals surface area contributed by atoms with Crippen molar-refractivity contribution in [1.29, 1.82) is 0 Å². The fourth-order valence-corrected chi connectivity index (χ4v) is 3.76. The van der Waals surface area contributed by atoms with Crippen LogP contribution in [0.25, 0.3) is 11.0 Å². The minimum absolute atomic E-state index is 0.157. The highest BCUT2D eigenvalue weighted by Crippen LogP contribution is 2.48. The highest BCUT2D eigenvalue weighted by atomic mass is 16.6. The quantitative estimate of drug-likeness (QED) is 0.667. The van der Waals surface area contributed by atoms with Gasteiger partial charge in [0.05, 0.1) is 18.9 Å². The number of nitrogens with one attached hydrogen (secondary N) is 2. The van der Waals surface area contributed by atoms with Crippen LogP contribution < -0.4 is 5.32 Å². The van der Waals surface area contributed by atoms with Gasteiger partial charge in [-0.1, -0.05) is 11.6 Å². The second-order valence-corrected chi connectivity index (χ2v) is 6.75. The average molecular weight is 325 g/mol. The zero-order valence-corrected chi connectivity index (χ0v) is 13.2. The molecule has 0 aromatic carbocycles. The number of anilines is 1. The smallest absolute Gasteiger partial charge is 0.342 e. The summed E-state index contributed by atoms with van der Waals surface area (Å²) in [6.07, 6.45) is 8.55. The molecule has 2 aromatic rings. The van der Waals surface area contributed by atoms with Crippen LogP contribution in [0.3, 0.4) is 0 Å². The molecule has 1 saturated heterocycles. The molecule has 3 atom stereocenters. The highest BCUT2D eigenvalue weighted by molar-refractivity contribution is 6.04. The van der Waals surface area contributed by atoms with Crippen LogP contribution in [0, 0.1) is 5.92 Å². The van der Waals surface area contributed by atoms with Crippen LogP contribution >= 0.6 is 0 Å². The summed E-state index contributed by atoms with van der Waals surface area (Å²) >= 11 is 0. The van der Waals surface area contributed by atoms with E-state index in [0.717, 1.165) is 29.6 Å². The molecule has 6 nitrogen and oxygen atoms in total. The van der Waals surface area contributed by atoms with Crippen LogP contribution in [0.15, 0.2) is 30.1 Å². The fraction of sp³-hybridized carbons (Fsp3) is 0.444. The molecule has 0 unspecified atom stereocenters. The molecule has 1 aliphatic heterocycles. The number of hydrogen-bond acceptors (Lipinski definition) is 5. The van der Waals surface area contributed by atoms with Gasteiger partial charge in [0.2, 0.25) is 0 Å². The number of nitrogens with zero attached hydrogens (tertiary/aromatic N) is 1. The van der Waals surface area contributed by atoms with Gasteiger partial charge in [-0.25, -0.2) is 9.78 Å². The van der Waals surface area contributed by atoms with Gasteiger partial charge in [0.15, 0.2) is 0 Å². The molecule has 0 radical (unpaired) electrons. The van der Waals surface area contributed by atoms with E-state index in [1.165, 1.54) is 6.42 Å². The van der Waals surface area contributed by atoms with Crippen LogP contribution in [0.1, 0.15) is 29.6 Å². The Hall–Kier alpha value is -2.34. The molecule has 2 aromatic heterocycles. The molecule has 124 valence electrons. The third-order valence-electron chi connectivity index (χ3n) is 5.19. The predicted octanol–water partition coefficient (Wildman–Crippen LogP) is 2.64. The minimum atomic E-state index is -0.328. The maximum Gasteiger partial charge on any atom is 0.342 e. The molecular formula is C18H19N3O3. The predicted molar refractivity (Wildman–Crippen MR) is 89.0 cm³/mol. The normalized spacial score (nSPS) is 27.8. The van der Waals surface area contributed by atoms with E-state index in [-0.39, 0.29) is 12.1 Å². The summed E-state index contributed by atoms with van der Waals surface area (Å²) in [5, 5.41) is 4.52. The summed E-state index contributed by atoms with van der Waals surface area (Å²) < 4.78 is 10.9. The number of ether oxygens (including phenoxy) is 2. The second kappa shape index (κ2) is 5.34. The Balaban J connectivity index is 1.47. The lowest BCUT2D eigenvalue weighted by Crippen LogP contribution is -2.23. The maximum absolute atomic E-state index is 12.7. The van der Waals surface area contributed by atoms with Crippen molar-refractivity contribution in [3.63, 3.8) is 0 Å². The Morgan fingerprint density at radius 2 is 2.42 bits per heavy atom. The van der Waals surface area contributed by atoms with E-state index in [1.807, 2.05) is 12.3 Å². The number of rotatable bonds is 4. The van der Waals surface area contributed by atoms with Gasteiger partial charge in [-0.05, 0) is 18.9 Å². The molecule has 5 rings (SSSR count). The van der Waals surface area contributed by atoms with E-state index >= 15 is 0 Å². The number of aromatic nitrogens is 2. The molecule has 2 aliphatic carbocycles. The Labute approximate surface area is 139 Å².